The van der Waals surface area contributed by atoms with Gasteiger partial charge in [0.2, 0.25) is 0 Å². The Morgan fingerprint density at radius 2 is 2.20 bits per heavy atom. The van der Waals surface area contributed by atoms with Crippen molar-refractivity contribution in [2.75, 3.05) is 0 Å². The molecule has 78 valence electrons. The number of benzene rings is 1. The number of hydrogen-bond donors (Lipinski definition) is 1. The van der Waals surface area contributed by atoms with Crippen LogP contribution in [0.5, 0.6) is 0 Å². The topological polar surface area (TPSA) is 30.9 Å². The van der Waals surface area contributed by atoms with Gasteiger partial charge in [0.1, 0.15) is 0 Å². The summed E-state index contributed by atoms with van der Waals surface area (Å²) in [5, 5.41) is 1.99. The maximum absolute atomic E-state index is 6.12. The molecule has 1 aromatic carbocycles. The Bertz CT molecular complexity index is 516. The maximum Gasteiger partial charge on any atom is 0.0817 e. The molecule has 0 amide bonds. The van der Waals surface area contributed by atoms with Crippen LogP contribution in [0, 0.1) is 0 Å². The molecule has 2 aromatic rings. The Balaban J connectivity index is 2.32. The first-order valence-corrected chi connectivity index (χ1v) is 5.68. The zero-order chi connectivity index (χ0) is 10.4. The van der Waals surface area contributed by atoms with Crippen LogP contribution in [-0.2, 0) is 6.42 Å². The predicted octanol–water partition coefficient (Wildman–Crippen LogP) is 3.09. The van der Waals surface area contributed by atoms with Gasteiger partial charge in [0, 0.05) is 21.6 Å². The molecule has 2 nitrogen and oxygen atoms in total. The van der Waals surface area contributed by atoms with Crippen LogP contribution in [0.4, 0.5) is 0 Å². The van der Waals surface area contributed by atoms with Crippen LogP contribution in [0.15, 0.2) is 24.3 Å². The van der Waals surface area contributed by atoms with E-state index in [2.05, 4.69) is 16.7 Å². The fourth-order valence-electron chi connectivity index (χ4n) is 2.47. The van der Waals surface area contributed by atoms with Gasteiger partial charge in [-0.15, -0.1) is 0 Å². The highest BCUT2D eigenvalue weighted by molar-refractivity contribution is 6.31. The summed E-state index contributed by atoms with van der Waals surface area (Å²) in [5.74, 6) is 0. The largest absolute Gasteiger partial charge is 0.329 e. The lowest BCUT2D eigenvalue weighted by atomic mass is 10.1. The smallest absolute Gasteiger partial charge is 0.0817 e. The van der Waals surface area contributed by atoms with Crippen LogP contribution in [-0.4, -0.2) is 4.57 Å². The molecule has 0 bridgehead atoms. The van der Waals surface area contributed by atoms with Crippen LogP contribution in [0.1, 0.15) is 24.7 Å². The van der Waals surface area contributed by atoms with Crippen molar-refractivity contribution < 1.29 is 0 Å². The van der Waals surface area contributed by atoms with Crippen molar-refractivity contribution in [3.8, 4) is 0 Å². The van der Waals surface area contributed by atoms with Gasteiger partial charge in [-0.1, -0.05) is 11.6 Å². The lowest BCUT2D eigenvalue weighted by Crippen LogP contribution is -2.24. The van der Waals surface area contributed by atoms with Gasteiger partial charge in [0.15, 0.2) is 0 Å². The number of nitrogens with two attached hydrogens (primary N) is 1. The SMILES string of the molecule is NC1CCCc2cc3cc(Cl)ccc3n21. The molecule has 0 aliphatic carbocycles. The first kappa shape index (κ1) is 9.25. The molecule has 3 rings (SSSR count). The highest BCUT2D eigenvalue weighted by atomic mass is 35.5. The van der Waals surface area contributed by atoms with E-state index < -0.39 is 0 Å². The third-order valence-corrected chi connectivity index (χ3v) is 3.38. The summed E-state index contributed by atoms with van der Waals surface area (Å²) in [5.41, 5.74) is 8.67. The Labute approximate surface area is 93.6 Å². The number of nitrogens with zero attached hydrogens (tertiary/aromatic N) is 1. The Morgan fingerprint density at radius 3 is 3.07 bits per heavy atom. The molecule has 1 aromatic heterocycles. The molecule has 0 saturated heterocycles. The zero-order valence-electron chi connectivity index (χ0n) is 8.41. The van der Waals surface area contributed by atoms with Gasteiger partial charge in [0.05, 0.1) is 6.17 Å². The standard InChI is InChI=1S/C12H13ClN2/c13-9-4-5-11-8(6-9)7-10-2-1-3-12(14)15(10)11/h4-7,12H,1-3,14H2. The summed E-state index contributed by atoms with van der Waals surface area (Å²) in [4.78, 5) is 0. The summed E-state index contributed by atoms with van der Waals surface area (Å²) in [6.07, 6.45) is 3.51. The Kier molecular flexibility index (Phi) is 2.01. The molecule has 1 atom stereocenters. The van der Waals surface area contributed by atoms with Crippen LogP contribution >= 0.6 is 11.6 Å². The minimum atomic E-state index is 0.132. The maximum atomic E-state index is 6.12. The predicted molar refractivity (Wildman–Crippen MR) is 63.1 cm³/mol. The average Bonchev–Trinajstić information content (AvgIpc) is 2.56. The summed E-state index contributed by atoms with van der Waals surface area (Å²) >= 11 is 5.98. The van der Waals surface area contributed by atoms with Crippen molar-refractivity contribution in [3.05, 3.63) is 35.0 Å². The number of aromatic nitrogens is 1. The second kappa shape index (κ2) is 3.26. The number of hydrogen-bond acceptors (Lipinski definition) is 1. The van der Waals surface area contributed by atoms with Crippen molar-refractivity contribution in [1.82, 2.24) is 4.57 Å². The first-order valence-electron chi connectivity index (χ1n) is 5.30. The van der Waals surface area contributed by atoms with Crippen molar-refractivity contribution >= 4 is 22.5 Å². The van der Waals surface area contributed by atoms with Gasteiger partial charge in [-0.25, -0.2) is 0 Å². The summed E-state index contributed by atoms with van der Waals surface area (Å²) < 4.78 is 2.25. The lowest BCUT2D eigenvalue weighted by Gasteiger charge is -2.23. The second-order valence-corrected chi connectivity index (χ2v) is 4.60. The van der Waals surface area contributed by atoms with Crippen molar-refractivity contribution in [2.24, 2.45) is 5.73 Å². The molecular weight excluding hydrogens is 208 g/mol. The molecule has 2 heterocycles. The first-order chi connectivity index (χ1) is 7.25. The highest BCUT2D eigenvalue weighted by Crippen LogP contribution is 2.30. The van der Waals surface area contributed by atoms with Crippen molar-refractivity contribution in [1.29, 1.82) is 0 Å². The molecular formula is C12H13ClN2. The molecule has 15 heavy (non-hydrogen) atoms. The minimum Gasteiger partial charge on any atom is -0.329 e. The zero-order valence-corrected chi connectivity index (χ0v) is 9.17. The monoisotopic (exact) mass is 220 g/mol. The van der Waals surface area contributed by atoms with Gasteiger partial charge in [0.25, 0.3) is 0 Å². The fourth-order valence-corrected chi connectivity index (χ4v) is 2.65. The lowest BCUT2D eigenvalue weighted by molar-refractivity contribution is 0.425. The van der Waals surface area contributed by atoms with Crippen LogP contribution in [0.2, 0.25) is 5.02 Å². The Morgan fingerprint density at radius 1 is 1.33 bits per heavy atom. The summed E-state index contributed by atoms with van der Waals surface area (Å²) in [7, 11) is 0. The normalized spacial score (nSPS) is 20.5. The van der Waals surface area contributed by atoms with E-state index in [0.29, 0.717) is 0 Å². The van der Waals surface area contributed by atoms with Gasteiger partial charge >= 0.3 is 0 Å². The molecule has 1 aliphatic rings. The van der Waals surface area contributed by atoms with Crippen molar-refractivity contribution in [3.63, 3.8) is 0 Å². The average molecular weight is 221 g/mol. The molecule has 1 aliphatic heterocycles. The van der Waals surface area contributed by atoms with E-state index in [1.54, 1.807) is 0 Å². The quantitative estimate of drug-likeness (QED) is 0.727. The third kappa shape index (κ3) is 1.36. The van der Waals surface area contributed by atoms with E-state index in [0.717, 1.165) is 17.9 Å². The molecule has 2 N–H and O–H groups in total. The number of rotatable bonds is 0. The molecule has 0 spiro atoms. The summed E-state index contributed by atoms with van der Waals surface area (Å²) in [6, 6.07) is 8.21. The minimum absolute atomic E-state index is 0.132. The molecule has 0 saturated carbocycles. The molecule has 3 heteroatoms. The van der Waals surface area contributed by atoms with Gasteiger partial charge < -0.3 is 10.3 Å². The van der Waals surface area contributed by atoms with Gasteiger partial charge in [-0.2, -0.15) is 0 Å². The van der Waals surface area contributed by atoms with Crippen molar-refractivity contribution in [2.45, 2.75) is 25.4 Å². The van der Waals surface area contributed by atoms with E-state index in [9.17, 15) is 0 Å². The number of aryl methyl sites for hydroxylation is 1. The number of halogens is 1. The van der Waals surface area contributed by atoms with Crippen LogP contribution < -0.4 is 5.73 Å². The van der Waals surface area contributed by atoms with Crippen LogP contribution in [0.3, 0.4) is 0 Å². The van der Waals surface area contributed by atoms with Gasteiger partial charge in [-0.3, -0.25) is 0 Å². The highest BCUT2D eigenvalue weighted by Gasteiger charge is 2.18. The van der Waals surface area contributed by atoms with Gasteiger partial charge in [-0.05, 0) is 43.5 Å². The summed E-state index contributed by atoms with van der Waals surface area (Å²) in [6.45, 7) is 0. The van der Waals surface area contributed by atoms with E-state index in [1.807, 2.05) is 12.1 Å². The van der Waals surface area contributed by atoms with E-state index >= 15 is 0 Å². The molecule has 1 unspecified atom stereocenters. The molecule has 0 fully saturated rings. The Hall–Kier alpha value is -0.990. The van der Waals surface area contributed by atoms with E-state index in [1.165, 1.54) is 23.0 Å². The van der Waals surface area contributed by atoms with Crippen LogP contribution in [0.25, 0.3) is 10.9 Å². The van der Waals surface area contributed by atoms with E-state index in [-0.39, 0.29) is 6.17 Å². The fraction of sp³-hybridized carbons (Fsp3) is 0.333. The number of fused-ring (bicyclic) bond motifs is 3. The second-order valence-electron chi connectivity index (χ2n) is 4.17. The molecule has 0 radical (unpaired) electrons. The van der Waals surface area contributed by atoms with E-state index in [4.69, 9.17) is 17.3 Å². The third-order valence-electron chi connectivity index (χ3n) is 3.15.